The molecule has 2 aliphatic heterocycles. The quantitative estimate of drug-likeness (QED) is 0.748. The highest BCUT2D eigenvalue weighted by atomic mass is 16.5. The number of nitrogens with zero attached hydrogens (tertiary/aromatic N) is 2. The zero-order valence-corrected chi connectivity index (χ0v) is 14.8. The Morgan fingerprint density at radius 3 is 2.62 bits per heavy atom. The van der Waals surface area contributed by atoms with Crippen LogP contribution in [0.15, 0.2) is 30.3 Å². The van der Waals surface area contributed by atoms with Crippen LogP contribution < -0.4 is 10.5 Å². The van der Waals surface area contributed by atoms with Crippen molar-refractivity contribution in [3.63, 3.8) is 0 Å². The predicted molar refractivity (Wildman–Crippen MR) is 97.5 cm³/mol. The van der Waals surface area contributed by atoms with Crippen LogP contribution in [0.2, 0.25) is 0 Å². The molecular formula is C19H25N3O4. The zero-order chi connectivity index (χ0) is 18.4. The lowest BCUT2D eigenvalue weighted by Crippen LogP contribution is -2.45. The number of likely N-dealkylation sites (tertiary alicyclic amines) is 1. The van der Waals surface area contributed by atoms with Gasteiger partial charge in [-0.2, -0.15) is 0 Å². The summed E-state index contributed by atoms with van der Waals surface area (Å²) < 4.78 is 10.6. The van der Waals surface area contributed by atoms with Crippen LogP contribution in [0.25, 0.3) is 6.08 Å². The van der Waals surface area contributed by atoms with E-state index < -0.39 is 5.91 Å². The molecule has 1 aromatic rings. The Morgan fingerprint density at radius 1 is 1.19 bits per heavy atom. The molecule has 2 heterocycles. The second-order valence-electron chi connectivity index (χ2n) is 6.53. The van der Waals surface area contributed by atoms with E-state index in [4.69, 9.17) is 15.2 Å². The Kier molecular flexibility index (Phi) is 6.25. The van der Waals surface area contributed by atoms with Crippen molar-refractivity contribution in [2.24, 2.45) is 5.73 Å². The van der Waals surface area contributed by atoms with Gasteiger partial charge < -0.3 is 20.1 Å². The number of ether oxygens (including phenoxy) is 2. The maximum absolute atomic E-state index is 12.4. The third-order valence-corrected chi connectivity index (χ3v) is 4.72. The van der Waals surface area contributed by atoms with Crippen LogP contribution in [0.1, 0.15) is 12.0 Å². The predicted octanol–water partition coefficient (Wildman–Crippen LogP) is 0.497. The summed E-state index contributed by atoms with van der Waals surface area (Å²) in [5.41, 5.74) is 5.94. The molecular weight excluding hydrogens is 334 g/mol. The minimum absolute atomic E-state index is 0.0369. The largest absolute Gasteiger partial charge is 0.484 e. The minimum Gasteiger partial charge on any atom is -0.484 e. The first-order chi connectivity index (χ1) is 12.6. The highest BCUT2D eigenvalue weighted by molar-refractivity contribution is 5.92. The van der Waals surface area contributed by atoms with E-state index in [0.29, 0.717) is 11.8 Å². The number of nitrogens with two attached hydrogens (primary N) is 1. The Morgan fingerprint density at radius 2 is 1.92 bits per heavy atom. The number of amides is 2. The number of benzene rings is 1. The van der Waals surface area contributed by atoms with Gasteiger partial charge in [0.05, 0.1) is 13.2 Å². The number of rotatable bonds is 6. The van der Waals surface area contributed by atoms with Crippen LogP contribution in [-0.4, -0.2) is 73.7 Å². The molecule has 1 aromatic carbocycles. The summed E-state index contributed by atoms with van der Waals surface area (Å²) in [4.78, 5) is 27.4. The van der Waals surface area contributed by atoms with Gasteiger partial charge in [0, 0.05) is 38.3 Å². The van der Waals surface area contributed by atoms with Crippen LogP contribution in [0, 0.1) is 0 Å². The van der Waals surface area contributed by atoms with Gasteiger partial charge in [-0.3, -0.25) is 14.5 Å². The molecule has 26 heavy (non-hydrogen) atoms. The van der Waals surface area contributed by atoms with Gasteiger partial charge in [0.2, 0.25) is 5.91 Å². The van der Waals surface area contributed by atoms with E-state index in [9.17, 15) is 9.59 Å². The molecule has 7 heteroatoms. The van der Waals surface area contributed by atoms with Crippen LogP contribution in [-0.2, 0) is 14.3 Å². The molecule has 1 atom stereocenters. The second kappa shape index (κ2) is 8.82. The van der Waals surface area contributed by atoms with Gasteiger partial charge in [-0.05, 0) is 30.2 Å². The molecule has 1 unspecified atom stereocenters. The molecule has 2 fully saturated rings. The molecule has 0 saturated carbocycles. The van der Waals surface area contributed by atoms with Crippen molar-refractivity contribution in [1.29, 1.82) is 0 Å². The summed E-state index contributed by atoms with van der Waals surface area (Å²) in [5, 5.41) is 0. The van der Waals surface area contributed by atoms with Crippen molar-refractivity contribution in [2.45, 2.75) is 12.5 Å². The molecule has 3 rings (SSSR count). The van der Waals surface area contributed by atoms with E-state index in [0.717, 1.165) is 51.4 Å². The topological polar surface area (TPSA) is 85.1 Å². The Balaban J connectivity index is 1.49. The van der Waals surface area contributed by atoms with Crippen molar-refractivity contribution in [2.75, 3.05) is 46.0 Å². The van der Waals surface area contributed by atoms with Crippen molar-refractivity contribution in [3.05, 3.63) is 35.9 Å². The molecule has 0 aromatic heterocycles. The van der Waals surface area contributed by atoms with Crippen LogP contribution >= 0.6 is 0 Å². The Hall–Kier alpha value is -2.38. The number of hydrogen-bond acceptors (Lipinski definition) is 5. The average Bonchev–Trinajstić information content (AvgIpc) is 3.16. The molecule has 2 aliphatic rings. The highest BCUT2D eigenvalue weighted by Crippen LogP contribution is 2.18. The van der Waals surface area contributed by atoms with E-state index in [1.165, 1.54) is 0 Å². The number of primary amides is 1. The van der Waals surface area contributed by atoms with Crippen molar-refractivity contribution in [3.8, 4) is 5.75 Å². The molecule has 7 nitrogen and oxygen atoms in total. The highest BCUT2D eigenvalue weighted by Gasteiger charge is 2.30. The normalized spacial score (nSPS) is 21.2. The molecule has 0 bridgehead atoms. The third kappa shape index (κ3) is 5.06. The molecule has 2 N–H and O–H groups in total. The fourth-order valence-electron chi connectivity index (χ4n) is 3.29. The average molecular weight is 359 g/mol. The molecule has 2 saturated heterocycles. The first-order valence-corrected chi connectivity index (χ1v) is 8.92. The van der Waals surface area contributed by atoms with Gasteiger partial charge in [0.25, 0.3) is 5.91 Å². The van der Waals surface area contributed by atoms with Gasteiger partial charge in [-0.15, -0.1) is 0 Å². The summed E-state index contributed by atoms with van der Waals surface area (Å²) in [7, 11) is 0. The van der Waals surface area contributed by atoms with Crippen molar-refractivity contribution < 1.29 is 19.1 Å². The maximum Gasteiger partial charge on any atom is 0.255 e. The van der Waals surface area contributed by atoms with E-state index >= 15 is 0 Å². The van der Waals surface area contributed by atoms with Gasteiger partial charge in [-0.1, -0.05) is 12.1 Å². The fraction of sp³-hybridized carbons (Fsp3) is 0.474. The zero-order valence-electron chi connectivity index (χ0n) is 14.8. The van der Waals surface area contributed by atoms with Crippen LogP contribution in [0.3, 0.4) is 0 Å². The number of carbonyl (C=O) groups excluding carboxylic acids is 2. The van der Waals surface area contributed by atoms with E-state index in [-0.39, 0.29) is 12.5 Å². The lowest BCUT2D eigenvalue weighted by Gasteiger charge is -2.31. The van der Waals surface area contributed by atoms with Gasteiger partial charge >= 0.3 is 0 Å². The Bertz CT molecular complexity index is 653. The van der Waals surface area contributed by atoms with Gasteiger partial charge in [0.1, 0.15) is 5.75 Å². The smallest absolute Gasteiger partial charge is 0.255 e. The Labute approximate surface area is 153 Å². The SMILES string of the molecule is NC(=O)COc1ccc(/C=C/C(=O)N2CCC(N3CCOCC3)C2)cc1. The summed E-state index contributed by atoms with van der Waals surface area (Å²) in [6.45, 7) is 4.90. The molecule has 140 valence electrons. The summed E-state index contributed by atoms with van der Waals surface area (Å²) in [6.07, 6.45) is 4.43. The first-order valence-electron chi connectivity index (χ1n) is 8.92. The van der Waals surface area contributed by atoms with Gasteiger partial charge in [0.15, 0.2) is 6.61 Å². The van der Waals surface area contributed by atoms with Crippen molar-refractivity contribution in [1.82, 2.24) is 9.80 Å². The first kappa shape index (κ1) is 18.4. The number of carbonyl (C=O) groups is 2. The fourth-order valence-corrected chi connectivity index (χ4v) is 3.29. The summed E-state index contributed by atoms with van der Waals surface area (Å²) >= 11 is 0. The number of morpholine rings is 1. The monoisotopic (exact) mass is 359 g/mol. The summed E-state index contributed by atoms with van der Waals surface area (Å²) in [5.74, 6) is 0.0931. The lowest BCUT2D eigenvalue weighted by molar-refractivity contribution is -0.125. The molecule has 0 aliphatic carbocycles. The maximum atomic E-state index is 12.4. The summed E-state index contributed by atoms with van der Waals surface area (Å²) in [6, 6.07) is 7.61. The standard InChI is InChI=1S/C19H25N3O4/c20-18(23)14-26-17-4-1-15(2-5-17)3-6-19(24)22-8-7-16(13-22)21-9-11-25-12-10-21/h1-6,16H,7-14H2,(H2,20,23)/b6-3+. The molecule has 0 spiro atoms. The lowest BCUT2D eigenvalue weighted by atomic mass is 10.2. The molecule has 2 amide bonds. The minimum atomic E-state index is -0.513. The van der Waals surface area contributed by atoms with E-state index in [2.05, 4.69) is 4.90 Å². The second-order valence-corrected chi connectivity index (χ2v) is 6.53. The van der Waals surface area contributed by atoms with Crippen molar-refractivity contribution >= 4 is 17.9 Å². The third-order valence-electron chi connectivity index (χ3n) is 4.72. The van der Waals surface area contributed by atoms with E-state index in [1.807, 2.05) is 17.0 Å². The van der Waals surface area contributed by atoms with E-state index in [1.54, 1.807) is 24.3 Å². The number of hydrogen-bond donors (Lipinski definition) is 1. The van der Waals surface area contributed by atoms with Crippen LogP contribution in [0.5, 0.6) is 5.75 Å². The van der Waals surface area contributed by atoms with Crippen LogP contribution in [0.4, 0.5) is 0 Å². The van der Waals surface area contributed by atoms with Gasteiger partial charge in [-0.25, -0.2) is 0 Å². The molecule has 0 radical (unpaired) electrons.